The Morgan fingerprint density at radius 3 is 1.43 bits per heavy atom. The van der Waals surface area contributed by atoms with Gasteiger partial charge in [0, 0.05) is 0 Å². The quantitative estimate of drug-likeness (QED) is 0.604. The molecule has 0 rings (SSSR count). The molecule has 0 N–H and O–H groups in total. The number of hydrogen-bond acceptors (Lipinski definition) is 3. The molecule has 0 aliphatic heterocycles. The Morgan fingerprint density at radius 1 is 1.14 bits per heavy atom. The van der Waals surface area contributed by atoms with Crippen LogP contribution in [-0.2, 0) is 10.2 Å². The molecule has 0 spiro atoms. The second kappa shape index (κ2) is 3.65. The fraction of sp³-hybridized carbons (Fsp3) is 1.00. The van der Waals surface area contributed by atoms with Gasteiger partial charge in [-0.3, -0.25) is 0 Å². The van der Waals surface area contributed by atoms with Crippen LogP contribution in [0.5, 0.6) is 0 Å². The molecule has 0 unspecified atom stereocenters. The van der Waals surface area contributed by atoms with E-state index in [4.69, 9.17) is 0 Å². The van der Waals surface area contributed by atoms with Gasteiger partial charge in [0.1, 0.15) is 0 Å². The zero-order chi connectivity index (χ0) is 5.86. The van der Waals surface area contributed by atoms with Crippen molar-refractivity contribution in [1.82, 2.24) is 0 Å². The Hall–Kier alpha value is 0.677. The summed E-state index contributed by atoms with van der Waals surface area (Å²) in [5, 5.41) is 0. The van der Waals surface area contributed by atoms with Gasteiger partial charge in [0.25, 0.3) is 0 Å². The van der Waals surface area contributed by atoms with Crippen LogP contribution in [0.15, 0.2) is 0 Å². The van der Waals surface area contributed by atoms with E-state index in [9.17, 15) is 7.48 Å². The normalized spacial score (nSPS) is 18.6. The van der Waals surface area contributed by atoms with Crippen LogP contribution in [0, 0.1) is 0 Å². The van der Waals surface area contributed by atoms with E-state index in [0.717, 1.165) is 0 Å². The molecule has 0 aromatic rings. The zero-order valence-corrected chi connectivity index (χ0v) is 8.42. The molecule has 5 heteroatoms. The summed E-state index contributed by atoms with van der Waals surface area (Å²) >= 11 is -4.88. The second-order valence-electron chi connectivity index (χ2n) is 1.09. The molecule has 7 heavy (non-hydrogen) atoms. The summed E-state index contributed by atoms with van der Waals surface area (Å²) in [4.78, 5) is 0. The van der Waals surface area contributed by atoms with Crippen LogP contribution in [0.2, 0.25) is 11.4 Å². The summed E-state index contributed by atoms with van der Waals surface area (Å²) in [6.07, 6.45) is 0. The third-order valence-corrected chi connectivity index (χ3v) is 7.76. The Labute approximate surface area is 51.7 Å². The van der Waals surface area contributed by atoms with E-state index in [-0.39, 0.29) is 0 Å². The average molecular weight is 230 g/mol. The molecule has 0 aliphatic carbocycles. The monoisotopic (exact) mass is 230 g/mol. The van der Waals surface area contributed by atoms with Crippen LogP contribution in [0.25, 0.3) is 0 Å². The fourth-order valence-corrected chi connectivity index (χ4v) is 5.46. The van der Waals surface area contributed by atoms with Gasteiger partial charge in [0.15, 0.2) is 0 Å². The van der Waals surface area contributed by atoms with E-state index in [0.29, 0.717) is 0 Å². The molecule has 44 valence electrons. The van der Waals surface area contributed by atoms with Gasteiger partial charge in [0.05, 0.1) is 0 Å². The molecule has 0 aromatic carbocycles. The maximum atomic E-state index is 10.1. The van der Waals surface area contributed by atoms with Gasteiger partial charge in [0.2, 0.25) is 0 Å². The molecular weight excluding hydrogens is 222 g/mol. The second-order valence-corrected chi connectivity index (χ2v) is 7.86. The van der Waals surface area contributed by atoms with E-state index in [1.807, 2.05) is 0 Å². The van der Waals surface area contributed by atoms with E-state index in [1.54, 1.807) is 0 Å². The van der Waals surface area contributed by atoms with Crippen LogP contribution in [0.1, 0.15) is 0 Å². The minimum absolute atomic E-state index is 1.49. The first kappa shape index (κ1) is 7.68. The van der Waals surface area contributed by atoms with Gasteiger partial charge >= 0.3 is 51.5 Å². The topological polar surface area (TPSA) is 43.4 Å². The van der Waals surface area contributed by atoms with Crippen LogP contribution in [0.4, 0.5) is 0 Å². The summed E-state index contributed by atoms with van der Waals surface area (Å²) in [5.74, 6) is 0. The summed E-state index contributed by atoms with van der Waals surface area (Å²) in [6, 6.07) is 0. The first-order valence-electron chi connectivity index (χ1n) is 1.82. The van der Waals surface area contributed by atoms with E-state index in [1.165, 1.54) is 11.4 Å². The molecule has 0 bridgehead atoms. The fourth-order valence-electron chi connectivity index (χ4n) is 0.202. The van der Waals surface area contributed by atoms with Gasteiger partial charge in [-0.05, 0) is 0 Å². The third kappa shape index (κ3) is 6.68. The molecule has 0 radical (unpaired) electrons. The molecule has 0 heterocycles. The van der Waals surface area contributed by atoms with Crippen molar-refractivity contribution in [3.05, 3.63) is 0 Å². The molecule has 3 nitrogen and oxygen atoms in total. The summed E-state index contributed by atoms with van der Waals surface area (Å²) in [6.45, 7) is 0. The van der Waals surface area contributed by atoms with Crippen molar-refractivity contribution >= 4 is 29.9 Å². The summed E-state index contributed by atoms with van der Waals surface area (Å²) in [7, 11) is 0. The maximum absolute atomic E-state index is 10.1. The van der Waals surface area contributed by atoms with Gasteiger partial charge in [-0.2, -0.15) is 0 Å². The Bertz CT molecular complexity index is 87.1. The van der Waals surface area contributed by atoms with Crippen molar-refractivity contribution in [3.63, 3.8) is 0 Å². The summed E-state index contributed by atoms with van der Waals surface area (Å²) < 4.78 is 24.7. The first-order chi connectivity index (χ1) is 3.13. The molecule has 0 amide bonds. The van der Waals surface area contributed by atoms with Crippen molar-refractivity contribution < 1.29 is 10.2 Å². The average Bonchev–Trinajstić information content (AvgIpc) is 1.27. The molecular formula is C2H8As2O3. The third-order valence-electron chi connectivity index (χ3n) is 0.287. The van der Waals surface area contributed by atoms with E-state index in [2.05, 4.69) is 2.72 Å². The molecule has 0 fully saturated rings. The van der Waals surface area contributed by atoms with Gasteiger partial charge in [-0.15, -0.1) is 0 Å². The molecule has 0 saturated carbocycles. The van der Waals surface area contributed by atoms with Crippen LogP contribution < -0.4 is 0 Å². The molecule has 0 atom stereocenters. The summed E-state index contributed by atoms with van der Waals surface area (Å²) in [5.41, 5.74) is 2.99. The standard InChI is InChI=1S/C2H8As2O3/c1-3(5)7-4(2)6/h3-4H,1-2H3. The van der Waals surface area contributed by atoms with Crippen molar-refractivity contribution in [1.29, 1.82) is 0 Å². The SMILES string of the molecule is C[AsH](=O)O[AsH](C)=O. The van der Waals surface area contributed by atoms with Crippen molar-refractivity contribution in [2.24, 2.45) is 0 Å². The van der Waals surface area contributed by atoms with Crippen molar-refractivity contribution in [3.8, 4) is 0 Å². The predicted octanol–water partition coefficient (Wildman–Crippen LogP) is -0.435. The van der Waals surface area contributed by atoms with Crippen molar-refractivity contribution in [2.75, 3.05) is 0 Å². The molecule has 0 aliphatic rings. The van der Waals surface area contributed by atoms with Gasteiger partial charge < -0.3 is 0 Å². The predicted molar refractivity (Wildman–Crippen MR) is 28.5 cm³/mol. The minimum atomic E-state index is -2.44. The zero-order valence-electron chi connectivity index (χ0n) is 4.22. The number of hydrogen-bond donors (Lipinski definition) is 0. The van der Waals surface area contributed by atoms with E-state index < -0.39 is 29.9 Å². The van der Waals surface area contributed by atoms with Crippen LogP contribution >= 0.6 is 0 Å². The Morgan fingerprint density at radius 2 is 1.43 bits per heavy atom. The number of rotatable bonds is 2. The van der Waals surface area contributed by atoms with Crippen LogP contribution in [-0.4, -0.2) is 29.9 Å². The van der Waals surface area contributed by atoms with E-state index >= 15 is 0 Å². The van der Waals surface area contributed by atoms with Gasteiger partial charge in [-0.1, -0.05) is 0 Å². The van der Waals surface area contributed by atoms with Crippen molar-refractivity contribution in [2.45, 2.75) is 11.4 Å². The van der Waals surface area contributed by atoms with Gasteiger partial charge in [-0.25, -0.2) is 0 Å². The molecule has 0 aromatic heterocycles. The molecule has 0 saturated heterocycles. The Kier molecular flexibility index (Phi) is 4.00. The first-order valence-corrected chi connectivity index (χ1v) is 9.44. The Balaban J connectivity index is 3.32. The van der Waals surface area contributed by atoms with Crippen LogP contribution in [0.3, 0.4) is 0 Å².